The molecule has 4 rings (SSSR count). The van der Waals surface area contributed by atoms with Crippen molar-refractivity contribution in [3.8, 4) is 17.2 Å². The zero-order chi connectivity index (χ0) is 30.2. The predicted molar refractivity (Wildman–Crippen MR) is 158 cm³/mol. The fourth-order valence-corrected chi connectivity index (χ4v) is 5.62. The third-order valence-electron chi connectivity index (χ3n) is 6.25. The van der Waals surface area contributed by atoms with E-state index in [0.717, 1.165) is 0 Å². The fraction of sp³-hybridized carbons (Fsp3) is 0.355. The Morgan fingerprint density at radius 2 is 1.62 bits per heavy atom. The van der Waals surface area contributed by atoms with Crippen molar-refractivity contribution in [1.29, 1.82) is 0 Å². The maximum atomic E-state index is 14.0. The Hall–Kier alpha value is -4.38. The number of thiazole rings is 1. The predicted octanol–water partition coefficient (Wildman–Crippen LogP) is 3.54. The smallest absolute Gasteiger partial charge is 0.344 e. The van der Waals surface area contributed by atoms with E-state index in [1.54, 1.807) is 45.0 Å². The monoisotopic (exact) mass is 594 g/mol. The van der Waals surface area contributed by atoms with Gasteiger partial charge in [-0.15, -0.1) is 0 Å². The Balaban J connectivity index is 1.83. The van der Waals surface area contributed by atoms with Crippen LogP contribution >= 0.6 is 11.3 Å². The molecule has 1 atom stereocenters. The Bertz CT molecular complexity index is 1670. The van der Waals surface area contributed by atoms with E-state index in [4.69, 9.17) is 23.7 Å². The first-order valence-corrected chi connectivity index (χ1v) is 14.6. The van der Waals surface area contributed by atoms with Crippen LogP contribution in [0.25, 0.3) is 6.08 Å². The molecule has 1 aliphatic rings. The van der Waals surface area contributed by atoms with Crippen LogP contribution in [0.15, 0.2) is 63.5 Å². The Labute approximate surface area is 247 Å². The number of hydrogen-bond donors (Lipinski definition) is 0. The van der Waals surface area contributed by atoms with Gasteiger partial charge in [-0.1, -0.05) is 35.6 Å². The number of carbonyl (C=O) groups excluding carboxylic acids is 2. The minimum atomic E-state index is -0.789. The van der Waals surface area contributed by atoms with Crippen molar-refractivity contribution in [2.75, 3.05) is 33.0 Å². The van der Waals surface area contributed by atoms with Crippen molar-refractivity contribution < 1.29 is 33.3 Å². The van der Waals surface area contributed by atoms with Gasteiger partial charge in [0.2, 0.25) is 0 Å². The molecule has 3 aromatic rings. The summed E-state index contributed by atoms with van der Waals surface area (Å²) < 4.78 is 29.5. The molecule has 0 bridgehead atoms. The highest BCUT2D eigenvalue weighted by Crippen LogP contribution is 2.36. The van der Waals surface area contributed by atoms with E-state index >= 15 is 0 Å². The second kappa shape index (κ2) is 14.0. The standard InChI is InChI=1S/C31H34N2O8S/c1-6-37-22-13-11-10-12-21(22)28-27(30(36)40-9-4)19(5)32-31-33(28)29(35)25(42-31)17-20-14-15-23(24(16-20)38-7-2)41-18-26(34)39-8-3/h10-17,28H,6-9,18H2,1-5H3/b25-17-/t28-/m1/s1. The Kier molecular flexibility index (Phi) is 10.2. The van der Waals surface area contributed by atoms with Crippen LogP contribution in [-0.2, 0) is 19.1 Å². The van der Waals surface area contributed by atoms with Crippen LogP contribution in [-0.4, -0.2) is 49.5 Å². The zero-order valence-corrected chi connectivity index (χ0v) is 25.1. The molecule has 0 fully saturated rings. The average molecular weight is 595 g/mol. The number of ether oxygens (including phenoxy) is 5. The highest BCUT2D eigenvalue weighted by molar-refractivity contribution is 7.07. The van der Waals surface area contributed by atoms with Crippen LogP contribution in [0.3, 0.4) is 0 Å². The number of nitrogens with zero attached hydrogens (tertiary/aromatic N) is 2. The van der Waals surface area contributed by atoms with E-state index in [0.29, 0.717) is 56.6 Å². The van der Waals surface area contributed by atoms with Crippen molar-refractivity contribution >= 4 is 29.4 Å². The molecule has 0 unspecified atom stereocenters. The van der Waals surface area contributed by atoms with Gasteiger partial charge in [-0.25, -0.2) is 14.6 Å². The summed E-state index contributed by atoms with van der Waals surface area (Å²) in [5.74, 6) is 0.348. The van der Waals surface area contributed by atoms with Crippen LogP contribution in [0.2, 0.25) is 0 Å². The Morgan fingerprint density at radius 3 is 2.33 bits per heavy atom. The molecular formula is C31H34N2O8S. The lowest BCUT2D eigenvalue weighted by Gasteiger charge is -2.26. The second-order valence-electron chi connectivity index (χ2n) is 9.01. The SMILES string of the molecule is CCOC(=O)COc1ccc(/C=c2\sc3n(c2=O)[C@H](c2ccccc2OCC)C(C(=O)OCC)=C(C)N=3)cc1OCC. The maximum absolute atomic E-state index is 14.0. The Morgan fingerprint density at radius 1 is 0.905 bits per heavy atom. The first-order chi connectivity index (χ1) is 20.3. The maximum Gasteiger partial charge on any atom is 0.344 e. The largest absolute Gasteiger partial charge is 0.494 e. The van der Waals surface area contributed by atoms with E-state index in [2.05, 4.69) is 4.99 Å². The highest BCUT2D eigenvalue weighted by atomic mass is 32.1. The summed E-state index contributed by atoms with van der Waals surface area (Å²) in [5, 5.41) is 0. The molecule has 11 heteroatoms. The molecule has 0 aliphatic carbocycles. The lowest BCUT2D eigenvalue weighted by Crippen LogP contribution is -2.40. The van der Waals surface area contributed by atoms with Gasteiger partial charge in [0.25, 0.3) is 5.56 Å². The van der Waals surface area contributed by atoms with Gasteiger partial charge in [-0.3, -0.25) is 9.36 Å². The number of fused-ring (bicyclic) bond motifs is 1. The summed E-state index contributed by atoms with van der Waals surface area (Å²) in [6.07, 6.45) is 1.73. The second-order valence-corrected chi connectivity index (χ2v) is 10.0. The van der Waals surface area contributed by atoms with Crippen molar-refractivity contribution in [3.63, 3.8) is 0 Å². The highest BCUT2D eigenvalue weighted by Gasteiger charge is 2.35. The van der Waals surface area contributed by atoms with Gasteiger partial charge in [-0.05, 0) is 64.5 Å². The molecule has 0 N–H and O–H groups in total. The first kappa shape index (κ1) is 30.6. The third kappa shape index (κ3) is 6.57. The van der Waals surface area contributed by atoms with Gasteiger partial charge < -0.3 is 23.7 Å². The molecular weight excluding hydrogens is 560 g/mol. The van der Waals surface area contributed by atoms with Gasteiger partial charge in [-0.2, -0.15) is 0 Å². The van der Waals surface area contributed by atoms with Crippen molar-refractivity contribution in [2.24, 2.45) is 4.99 Å². The van der Waals surface area contributed by atoms with Crippen molar-refractivity contribution in [1.82, 2.24) is 4.57 Å². The number of carbonyl (C=O) groups is 2. The molecule has 0 spiro atoms. The number of aromatic nitrogens is 1. The van der Waals surface area contributed by atoms with Gasteiger partial charge in [0.05, 0.1) is 42.2 Å². The van der Waals surface area contributed by atoms with Crippen molar-refractivity contribution in [3.05, 3.63) is 84.5 Å². The van der Waals surface area contributed by atoms with Gasteiger partial charge in [0.15, 0.2) is 22.9 Å². The van der Waals surface area contributed by atoms with E-state index in [1.165, 1.54) is 15.9 Å². The molecule has 1 aliphatic heterocycles. The number of allylic oxidation sites excluding steroid dienone is 1. The molecule has 2 aromatic carbocycles. The van der Waals surface area contributed by atoms with Gasteiger partial charge in [0, 0.05) is 5.56 Å². The molecule has 2 heterocycles. The number of esters is 2. The third-order valence-corrected chi connectivity index (χ3v) is 7.23. The lowest BCUT2D eigenvalue weighted by molar-refractivity contribution is -0.145. The van der Waals surface area contributed by atoms with Gasteiger partial charge >= 0.3 is 11.9 Å². The molecule has 0 radical (unpaired) electrons. The minimum Gasteiger partial charge on any atom is -0.494 e. The normalized spacial score (nSPS) is 14.6. The lowest BCUT2D eigenvalue weighted by atomic mass is 9.95. The zero-order valence-electron chi connectivity index (χ0n) is 24.3. The van der Waals surface area contributed by atoms with Crippen molar-refractivity contribution in [2.45, 2.75) is 40.7 Å². The van der Waals surface area contributed by atoms with E-state index in [1.807, 2.05) is 38.1 Å². The van der Waals surface area contributed by atoms with Crippen LogP contribution < -0.4 is 29.1 Å². The minimum absolute atomic E-state index is 0.182. The quantitative estimate of drug-likeness (QED) is 0.293. The molecule has 222 valence electrons. The first-order valence-electron chi connectivity index (χ1n) is 13.8. The summed E-state index contributed by atoms with van der Waals surface area (Å²) in [5.41, 5.74) is 1.78. The van der Waals surface area contributed by atoms with E-state index < -0.39 is 18.0 Å². The summed E-state index contributed by atoms with van der Waals surface area (Å²) >= 11 is 1.22. The number of para-hydroxylation sites is 1. The van der Waals surface area contributed by atoms with Gasteiger partial charge in [0.1, 0.15) is 11.8 Å². The number of benzene rings is 2. The summed E-state index contributed by atoms with van der Waals surface area (Å²) in [6, 6.07) is 11.7. The fourth-order valence-electron chi connectivity index (χ4n) is 4.57. The summed E-state index contributed by atoms with van der Waals surface area (Å²) in [6.45, 7) is 9.88. The molecule has 1 aromatic heterocycles. The van der Waals surface area contributed by atoms with Crippen LogP contribution in [0, 0.1) is 0 Å². The number of hydrogen-bond acceptors (Lipinski definition) is 10. The summed E-state index contributed by atoms with van der Waals surface area (Å²) in [7, 11) is 0. The van der Waals surface area contributed by atoms with E-state index in [9.17, 15) is 14.4 Å². The topological polar surface area (TPSA) is 115 Å². The molecule has 42 heavy (non-hydrogen) atoms. The average Bonchev–Trinajstić information content (AvgIpc) is 3.26. The molecule has 10 nitrogen and oxygen atoms in total. The van der Waals surface area contributed by atoms with Crippen LogP contribution in [0.1, 0.15) is 51.8 Å². The van der Waals surface area contributed by atoms with Crippen LogP contribution in [0.4, 0.5) is 0 Å². The summed E-state index contributed by atoms with van der Waals surface area (Å²) in [4.78, 5) is 44.0. The molecule has 0 saturated carbocycles. The molecule has 0 saturated heterocycles. The molecule has 0 amide bonds. The number of rotatable bonds is 12. The van der Waals surface area contributed by atoms with E-state index in [-0.39, 0.29) is 31.0 Å². The van der Waals surface area contributed by atoms with Crippen LogP contribution in [0.5, 0.6) is 17.2 Å².